The number of aliphatic hydroxyl groups excluding tert-OH is 1. The Morgan fingerprint density at radius 3 is 3.00 bits per heavy atom. The molecule has 2 aliphatic rings. The number of rotatable bonds is 6. The maximum Gasteiger partial charge on any atom is 0.0613 e. The molecule has 0 aromatic heterocycles. The van der Waals surface area contributed by atoms with Crippen LogP contribution < -0.4 is 5.32 Å². The van der Waals surface area contributed by atoms with E-state index in [1.165, 1.54) is 30.6 Å². The van der Waals surface area contributed by atoms with E-state index in [9.17, 15) is 5.11 Å². The summed E-state index contributed by atoms with van der Waals surface area (Å²) in [6.07, 6.45) is 8.37. The molecule has 2 unspecified atom stereocenters. The summed E-state index contributed by atoms with van der Waals surface area (Å²) in [5.74, 6) is 0. The van der Waals surface area contributed by atoms with Gasteiger partial charge in [-0.1, -0.05) is 13.0 Å². The molecule has 0 spiro atoms. The largest absolute Gasteiger partial charge is 0.394 e. The summed E-state index contributed by atoms with van der Waals surface area (Å²) in [7, 11) is 0. The maximum absolute atomic E-state index is 9.78. The first kappa shape index (κ1) is 15.4. The minimum absolute atomic E-state index is 0.0234. The Morgan fingerprint density at radius 1 is 1.33 bits per heavy atom. The van der Waals surface area contributed by atoms with Gasteiger partial charge in [-0.25, -0.2) is 0 Å². The lowest BCUT2D eigenvalue weighted by Gasteiger charge is -2.28. The predicted octanol–water partition coefficient (Wildman–Crippen LogP) is 3.55. The molecular formula is C18H27NOS. The van der Waals surface area contributed by atoms with Crippen LogP contribution in [-0.4, -0.2) is 29.0 Å². The molecule has 3 rings (SSSR count). The van der Waals surface area contributed by atoms with E-state index in [1.807, 2.05) is 11.8 Å². The van der Waals surface area contributed by atoms with Crippen molar-refractivity contribution in [2.45, 2.75) is 67.6 Å². The van der Waals surface area contributed by atoms with E-state index < -0.39 is 0 Å². The highest BCUT2D eigenvalue weighted by molar-refractivity contribution is 8.00. The summed E-state index contributed by atoms with van der Waals surface area (Å²) < 4.78 is 0. The van der Waals surface area contributed by atoms with Crippen LogP contribution in [0.25, 0.3) is 0 Å². The lowest BCUT2D eigenvalue weighted by molar-refractivity contribution is 0.165. The third kappa shape index (κ3) is 3.46. The Morgan fingerprint density at radius 2 is 2.19 bits per heavy atom. The van der Waals surface area contributed by atoms with Gasteiger partial charge in [-0.05, 0) is 74.8 Å². The minimum atomic E-state index is -0.0234. The van der Waals surface area contributed by atoms with Gasteiger partial charge in [0.05, 0.1) is 6.61 Å². The third-order valence-corrected chi connectivity index (χ3v) is 6.25. The van der Waals surface area contributed by atoms with E-state index in [0.717, 1.165) is 25.8 Å². The lowest BCUT2D eigenvalue weighted by atomic mass is 9.99. The number of aryl methyl sites for hydroxylation is 2. The molecule has 0 amide bonds. The van der Waals surface area contributed by atoms with Crippen molar-refractivity contribution in [1.82, 2.24) is 5.32 Å². The Balaban J connectivity index is 1.61. The number of thioether (sulfide) groups is 1. The highest BCUT2D eigenvalue weighted by Gasteiger charge is 2.38. The van der Waals surface area contributed by atoms with Crippen molar-refractivity contribution in [3.8, 4) is 0 Å². The van der Waals surface area contributed by atoms with Gasteiger partial charge in [0, 0.05) is 15.7 Å². The van der Waals surface area contributed by atoms with Crippen LogP contribution in [0.4, 0.5) is 0 Å². The highest BCUT2D eigenvalue weighted by atomic mass is 32.2. The van der Waals surface area contributed by atoms with Gasteiger partial charge in [0.1, 0.15) is 0 Å². The molecule has 1 fully saturated rings. The summed E-state index contributed by atoms with van der Waals surface area (Å²) in [6, 6.07) is 7.03. The molecule has 3 heteroatoms. The fraction of sp³-hybridized carbons (Fsp3) is 0.667. The average Bonchev–Trinajstić information content (AvgIpc) is 3.12. The summed E-state index contributed by atoms with van der Waals surface area (Å²) in [5, 5.41) is 14.0. The van der Waals surface area contributed by atoms with Gasteiger partial charge in [0.25, 0.3) is 0 Å². The number of benzene rings is 1. The quantitative estimate of drug-likeness (QED) is 0.843. The van der Waals surface area contributed by atoms with Crippen molar-refractivity contribution in [1.29, 1.82) is 0 Å². The van der Waals surface area contributed by atoms with Crippen LogP contribution in [-0.2, 0) is 12.8 Å². The Bertz CT molecular complexity index is 490. The van der Waals surface area contributed by atoms with Gasteiger partial charge >= 0.3 is 0 Å². The molecule has 2 nitrogen and oxygen atoms in total. The van der Waals surface area contributed by atoms with E-state index in [2.05, 4.69) is 30.4 Å². The molecule has 0 saturated heterocycles. The molecule has 21 heavy (non-hydrogen) atoms. The van der Waals surface area contributed by atoms with Crippen molar-refractivity contribution >= 4 is 11.8 Å². The van der Waals surface area contributed by atoms with Gasteiger partial charge < -0.3 is 10.4 Å². The molecule has 0 bridgehead atoms. The van der Waals surface area contributed by atoms with Crippen molar-refractivity contribution in [3.63, 3.8) is 0 Å². The number of aliphatic hydroxyl groups is 1. The first-order valence-corrected chi connectivity index (χ1v) is 9.27. The zero-order chi connectivity index (χ0) is 14.7. The number of hydrogen-bond donors (Lipinski definition) is 2. The van der Waals surface area contributed by atoms with Crippen molar-refractivity contribution < 1.29 is 5.11 Å². The zero-order valence-electron chi connectivity index (χ0n) is 13.0. The molecule has 116 valence electrons. The fourth-order valence-corrected chi connectivity index (χ4v) is 5.12. The first-order chi connectivity index (χ1) is 10.2. The molecule has 0 aliphatic heterocycles. The second-order valence-corrected chi connectivity index (χ2v) is 8.01. The Hall–Kier alpha value is -0.510. The number of fused-ring (bicyclic) bond motifs is 1. The normalized spacial score (nSPS) is 28.0. The minimum Gasteiger partial charge on any atom is -0.394 e. The summed E-state index contributed by atoms with van der Waals surface area (Å²) in [5.41, 5.74) is 3.10. The van der Waals surface area contributed by atoms with Gasteiger partial charge in [-0.15, -0.1) is 11.8 Å². The van der Waals surface area contributed by atoms with E-state index in [0.29, 0.717) is 5.25 Å². The topological polar surface area (TPSA) is 32.3 Å². The van der Waals surface area contributed by atoms with Crippen LogP contribution in [0.3, 0.4) is 0 Å². The number of nitrogens with one attached hydrogen (secondary N) is 1. The standard InChI is InChI=1S/C18H27NOS/c1-2-10-19-18(13-20)9-8-17(12-18)21-16-7-6-14-4-3-5-15(14)11-16/h6-7,11,17,19-20H,2-5,8-10,12-13H2,1H3. The summed E-state index contributed by atoms with van der Waals surface area (Å²) in [6.45, 7) is 3.47. The monoisotopic (exact) mass is 305 g/mol. The molecule has 0 heterocycles. The van der Waals surface area contributed by atoms with Crippen LogP contribution in [0.5, 0.6) is 0 Å². The van der Waals surface area contributed by atoms with E-state index in [-0.39, 0.29) is 12.1 Å². The smallest absolute Gasteiger partial charge is 0.0613 e. The number of hydrogen-bond acceptors (Lipinski definition) is 3. The molecule has 1 saturated carbocycles. The second-order valence-electron chi connectivity index (χ2n) is 6.63. The molecule has 0 radical (unpaired) electrons. The van der Waals surface area contributed by atoms with Crippen LogP contribution in [0, 0.1) is 0 Å². The average molecular weight is 305 g/mol. The molecule has 2 atom stereocenters. The van der Waals surface area contributed by atoms with Gasteiger partial charge in [0.15, 0.2) is 0 Å². The van der Waals surface area contributed by atoms with Gasteiger partial charge in [-0.3, -0.25) is 0 Å². The van der Waals surface area contributed by atoms with Crippen molar-refractivity contribution in [2.24, 2.45) is 0 Å². The zero-order valence-corrected chi connectivity index (χ0v) is 13.8. The fourth-order valence-electron chi connectivity index (χ4n) is 3.74. The molecule has 1 aromatic carbocycles. The van der Waals surface area contributed by atoms with Crippen molar-refractivity contribution in [2.75, 3.05) is 13.2 Å². The highest BCUT2D eigenvalue weighted by Crippen LogP contribution is 2.41. The van der Waals surface area contributed by atoms with Gasteiger partial charge in [0.2, 0.25) is 0 Å². The van der Waals surface area contributed by atoms with Gasteiger partial charge in [-0.2, -0.15) is 0 Å². The Labute approximate surface area is 132 Å². The van der Waals surface area contributed by atoms with Crippen LogP contribution in [0.1, 0.15) is 50.2 Å². The van der Waals surface area contributed by atoms with Crippen LogP contribution in [0.15, 0.2) is 23.1 Å². The van der Waals surface area contributed by atoms with E-state index in [4.69, 9.17) is 0 Å². The maximum atomic E-state index is 9.78. The molecule has 2 N–H and O–H groups in total. The Kier molecular flexibility index (Phi) is 4.92. The lowest BCUT2D eigenvalue weighted by Crippen LogP contribution is -2.46. The summed E-state index contributed by atoms with van der Waals surface area (Å²) in [4.78, 5) is 1.42. The summed E-state index contributed by atoms with van der Waals surface area (Å²) >= 11 is 2.02. The molecular weight excluding hydrogens is 278 g/mol. The second kappa shape index (κ2) is 6.72. The van der Waals surface area contributed by atoms with Crippen molar-refractivity contribution in [3.05, 3.63) is 29.3 Å². The van der Waals surface area contributed by atoms with Crippen LogP contribution >= 0.6 is 11.8 Å². The van der Waals surface area contributed by atoms with Crippen LogP contribution in [0.2, 0.25) is 0 Å². The third-order valence-electron chi connectivity index (χ3n) is 4.99. The van der Waals surface area contributed by atoms with E-state index in [1.54, 1.807) is 11.1 Å². The molecule has 2 aliphatic carbocycles. The predicted molar refractivity (Wildman–Crippen MR) is 90.1 cm³/mol. The first-order valence-electron chi connectivity index (χ1n) is 8.39. The molecule has 1 aromatic rings. The van der Waals surface area contributed by atoms with E-state index >= 15 is 0 Å². The SMILES string of the molecule is CCCNC1(CO)CCC(Sc2ccc3c(c2)CCC3)C1.